The first kappa shape index (κ1) is 23.6. The van der Waals surface area contributed by atoms with E-state index in [1.54, 1.807) is 24.3 Å². The fourth-order valence-corrected chi connectivity index (χ4v) is 8.42. The zero-order chi connectivity index (χ0) is 24.9. The Morgan fingerprint density at radius 2 is 1.39 bits per heavy atom. The SMILES string of the molecule is O=C(Nc1ccc(C23CC4CC(CC(C4)C2)C3)cc1)c1cc(NS(=O)(=O)c2ccccc2)ccc1Cl. The molecule has 0 aromatic heterocycles. The zero-order valence-corrected chi connectivity index (χ0v) is 21.5. The molecule has 1 amide bonds. The number of halogens is 1. The van der Waals surface area contributed by atoms with Crippen LogP contribution in [0.5, 0.6) is 0 Å². The van der Waals surface area contributed by atoms with E-state index in [1.165, 1.54) is 68.4 Å². The number of benzene rings is 3. The average Bonchev–Trinajstić information content (AvgIpc) is 2.85. The number of anilines is 2. The lowest BCUT2D eigenvalue weighted by atomic mass is 9.48. The van der Waals surface area contributed by atoms with E-state index < -0.39 is 10.0 Å². The summed E-state index contributed by atoms with van der Waals surface area (Å²) in [6.45, 7) is 0. The molecule has 36 heavy (non-hydrogen) atoms. The van der Waals surface area contributed by atoms with Crippen molar-refractivity contribution in [3.8, 4) is 0 Å². The first-order valence-corrected chi connectivity index (χ1v) is 14.5. The van der Waals surface area contributed by atoms with E-state index >= 15 is 0 Å². The molecule has 3 aromatic rings. The highest BCUT2D eigenvalue weighted by atomic mass is 35.5. The van der Waals surface area contributed by atoms with E-state index in [0.29, 0.717) is 11.1 Å². The van der Waals surface area contributed by atoms with Gasteiger partial charge in [-0.15, -0.1) is 0 Å². The first-order chi connectivity index (χ1) is 17.3. The zero-order valence-electron chi connectivity index (χ0n) is 19.9. The van der Waals surface area contributed by atoms with Crippen molar-refractivity contribution in [3.63, 3.8) is 0 Å². The fraction of sp³-hybridized carbons (Fsp3) is 0.345. The van der Waals surface area contributed by atoms with Gasteiger partial charge in [0.15, 0.2) is 0 Å². The van der Waals surface area contributed by atoms with E-state index in [-0.39, 0.29) is 27.1 Å². The van der Waals surface area contributed by atoms with Crippen molar-refractivity contribution < 1.29 is 13.2 Å². The molecule has 4 saturated carbocycles. The van der Waals surface area contributed by atoms with Gasteiger partial charge in [0.1, 0.15) is 0 Å². The van der Waals surface area contributed by atoms with Gasteiger partial charge in [-0.1, -0.05) is 41.9 Å². The maximum Gasteiger partial charge on any atom is 0.261 e. The summed E-state index contributed by atoms with van der Waals surface area (Å²) in [7, 11) is -3.78. The van der Waals surface area contributed by atoms with Gasteiger partial charge in [-0.2, -0.15) is 0 Å². The first-order valence-electron chi connectivity index (χ1n) is 12.6. The molecule has 2 N–H and O–H groups in total. The van der Waals surface area contributed by atoms with Crippen LogP contribution in [0.2, 0.25) is 5.02 Å². The summed E-state index contributed by atoms with van der Waals surface area (Å²) in [5.74, 6) is 2.25. The summed E-state index contributed by atoms with van der Waals surface area (Å²) in [6, 6.07) is 20.9. The van der Waals surface area contributed by atoms with Gasteiger partial charge in [-0.25, -0.2) is 8.42 Å². The number of carbonyl (C=O) groups excluding carboxylic acids is 1. The quantitative estimate of drug-likeness (QED) is 0.372. The predicted molar refractivity (Wildman–Crippen MR) is 143 cm³/mol. The van der Waals surface area contributed by atoms with Crippen LogP contribution < -0.4 is 10.0 Å². The summed E-state index contributed by atoms with van der Waals surface area (Å²) in [5.41, 5.74) is 2.88. The molecule has 0 aliphatic heterocycles. The molecule has 0 heterocycles. The lowest BCUT2D eigenvalue weighted by Crippen LogP contribution is -2.48. The Labute approximate surface area is 217 Å². The maximum absolute atomic E-state index is 13.1. The molecule has 0 radical (unpaired) electrons. The number of amides is 1. The van der Waals surface area contributed by atoms with Crippen molar-refractivity contribution in [1.29, 1.82) is 0 Å². The second kappa shape index (κ2) is 8.93. The Morgan fingerprint density at radius 3 is 2.00 bits per heavy atom. The number of nitrogens with one attached hydrogen (secondary N) is 2. The van der Waals surface area contributed by atoms with E-state index in [9.17, 15) is 13.2 Å². The standard InChI is InChI=1S/C29H29ClN2O3S/c30-27-11-10-24(32-36(34,35)25-4-2-1-3-5-25)15-26(27)28(33)31-23-8-6-22(7-9-23)29-16-19-12-20(17-29)14-21(13-19)18-29/h1-11,15,19-21,32H,12-14,16-18H2,(H,31,33). The molecule has 7 rings (SSSR count). The summed E-state index contributed by atoms with van der Waals surface area (Å²) in [5, 5.41) is 3.17. The van der Waals surface area contributed by atoms with E-state index in [1.807, 2.05) is 12.1 Å². The van der Waals surface area contributed by atoms with Crippen LogP contribution >= 0.6 is 11.6 Å². The lowest BCUT2D eigenvalue weighted by molar-refractivity contribution is -0.00518. The van der Waals surface area contributed by atoms with Crippen LogP contribution in [0.1, 0.15) is 54.4 Å². The van der Waals surface area contributed by atoms with Gasteiger partial charge >= 0.3 is 0 Å². The number of sulfonamides is 1. The molecule has 0 atom stereocenters. The number of rotatable bonds is 6. The fourth-order valence-electron chi connectivity index (χ4n) is 7.15. The monoisotopic (exact) mass is 520 g/mol. The highest BCUT2D eigenvalue weighted by Gasteiger charge is 2.51. The van der Waals surface area contributed by atoms with Crippen molar-refractivity contribution in [2.45, 2.75) is 48.8 Å². The van der Waals surface area contributed by atoms with Crippen molar-refractivity contribution in [2.24, 2.45) is 17.8 Å². The summed E-state index contributed by atoms with van der Waals surface area (Å²) >= 11 is 6.31. The highest BCUT2D eigenvalue weighted by Crippen LogP contribution is 2.60. The number of hydrogen-bond donors (Lipinski definition) is 2. The van der Waals surface area contributed by atoms with Crippen molar-refractivity contribution >= 4 is 38.9 Å². The Balaban J connectivity index is 1.18. The minimum atomic E-state index is -3.78. The molecule has 4 fully saturated rings. The van der Waals surface area contributed by atoms with Crippen LogP contribution in [0.25, 0.3) is 0 Å². The lowest BCUT2D eigenvalue weighted by Gasteiger charge is -2.57. The topological polar surface area (TPSA) is 75.3 Å². The van der Waals surface area contributed by atoms with Gasteiger partial charge in [0.2, 0.25) is 0 Å². The number of hydrogen-bond acceptors (Lipinski definition) is 3. The molecule has 4 bridgehead atoms. The van der Waals surface area contributed by atoms with Crippen LogP contribution in [0.3, 0.4) is 0 Å². The van der Waals surface area contributed by atoms with Gasteiger partial charge in [-0.3, -0.25) is 9.52 Å². The average molecular weight is 521 g/mol. The number of carbonyl (C=O) groups is 1. The smallest absolute Gasteiger partial charge is 0.261 e. The van der Waals surface area contributed by atoms with Crippen molar-refractivity contribution in [1.82, 2.24) is 0 Å². The summed E-state index contributed by atoms with van der Waals surface area (Å²) in [4.78, 5) is 13.2. The second-order valence-electron chi connectivity index (χ2n) is 10.8. The normalized spacial score (nSPS) is 26.5. The second-order valence-corrected chi connectivity index (χ2v) is 12.9. The molecule has 5 nitrogen and oxygen atoms in total. The minimum Gasteiger partial charge on any atom is -0.322 e. The van der Waals surface area contributed by atoms with Crippen LogP contribution in [0.15, 0.2) is 77.7 Å². The summed E-state index contributed by atoms with van der Waals surface area (Å²) < 4.78 is 27.9. The molecule has 0 saturated heterocycles. The van der Waals surface area contributed by atoms with Crippen LogP contribution in [0.4, 0.5) is 11.4 Å². The molecule has 7 heteroatoms. The largest absolute Gasteiger partial charge is 0.322 e. The third kappa shape index (κ3) is 4.41. The predicted octanol–water partition coefficient (Wildman–Crippen LogP) is 6.86. The highest BCUT2D eigenvalue weighted by molar-refractivity contribution is 7.92. The molecule has 0 unspecified atom stereocenters. The minimum absolute atomic E-state index is 0.144. The van der Waals surface area contributed by atoms with Crippen molar-refractivity contribution in [3.05, 3.63) is 88.9 Å². The van der Waals surface area contributed by atoms with E-state index in [0.717, 1.165) is 17.8 Å². The molecule has 4 aliphatic carbocycles. The molecular weight excluding hydrogens is 492 g/mol. The van der Waals surface area contributed by atoms with Crippen LogP contribution in [-0.2, 0) is 15.4 Å². The van der Waals surface area contributed by atoms with Crippen molar-refractivity contribution in [2.75, 3.05) is 10.0 Å². The van der Waals surface area contributed by atoms with Gasteiger partial charge in [0.25, 0.3) is 15.9 Å². The van der Waals surface area contributed by atoms with Gasteiger partial charge in [0.05, 0.1) is 15.5 Å². The Morgan fingerprint density at radius 1 is 0.806 bits per heavy atom. The molecular formula is C29H29ClN2O3S. The maximum atomic E-state index is 13.1. The van der Waals surface area contributed by atoms with E-state index in [4.69, 9.17) is 11.6 Å². The summed E-state index contributed by atoms with van der Waals surface area (Å²) in [6.07, 6.45) is 8.13. The van der Waals surface area contributed by atoms with Gasteiger partial charge in [0, 0.05) is 11.4 Å². The van der Waals surface area contributed by atoms with Crippen LogP contribution in [0, 0.1) is 17.8 Å². The molecule has 186 valence electrons. The Bertz CT molecular complexity index is 1370. The molecule has 3 aromatic carbocycles. The Hall–Kier alpha value is -2.83. The van der Waals surface area contributed by atoms with Gasteiger partial charge < -0.3 is 5.32 Å². The molecule has 0 spiro atoms. The third-order valence-electron chi connectivity index (χ3n) is 8.31. The molecule has 4 aliphatic rings. The third-order valence-corrected chi connectivity index (χ3v) is 10.0. The van der Waals surface area contributed by atoms with Crippen LogP contribution in [-0.4, -0.2) is 14.3 Å². The van der Waals surface area contributed by atoms with E-state index in [2.05, 4.69) is 22.2 Å². The van der Waals surface area contributed by atoms with Gasteiger partial charge in [-0.05, 0) is 110 Å². The Kier molecular flexibility index (Phi) is 5.84.